The third-order valence-corrected chi connectivity index (χ3v) is 15.5. The number of rotatable bonds is 5. The molecule has 0 atom stereocenters. The van der Waals surface area contributed by atoms with Crippen LogP contribution < -0.4 is 0 Å². The number of hydrogen-bond donors (Lipinski definition) is 0. The predicted molar refractivity (Wildman–Crippen MR) is 278 cm³/mol. The normalized spacial score (nSPS) is 15.6. The highest BCUT2D eigenvalue weighted by Crippen LogP contribution is 2.51. The second-order valence-corrected chi connectivity index (χ2v) is 20.7. The maximum atomic E-state index is 5.47. The van der Waals surface area contributed by atoms with Gasteiger partial charge in [-0.1, -0.05) is 169 Å². The van der Waals surface area contributed by atoms with Crippen LogP contribution in [0.5, 0.6) is 0 Å². The summed E-state index contributed by atoms with van der Waals surface area (Å²) in [6.07, 6.45) is 2.26. The molecule has 0 N–H and O–H groups in total. The Hall–Kier alpha value is -7.63. The summed E-state index contributed by atoms with van der Waals surface area (Å²) in [6.45, 7) is 14.3. The van der Waals surface area contributed by atoms with Gasteiger partial charge in [-0.05, 0) is 117 Å². The second-order valence-electron chi connectivity index (χ2n) is 20.7. The molecule has 13 rings (SSSR count). The summed E-state index contributed by atoms with van der Waals surface area (Å²) < 4.78 is 4.74. The Balaban J connectivity index is 1.05. The smallest absolute Gasteiger partial charge is 0.238 e. The van der Waals surface area contributed by atoms with Gasteiger partial charge < -0.3 is 4.57 Å². The van der Waals surface area contributed by atoms with Crippen LogP contribution in [-0.4, -0.2) is 24.1 Å². The molecule has 5 heteroatoms. The Kier molecular flexibility index (Phi) is 8.41. The minimum absolute atomic E-state index is 0.00472. The first-order valence-electron chi connectivity index (χ1n) is 23.7. The number of fused-ring (bicyclic) bond motifs is 10. The molecule has 0 radical (unpaired) electrons. The van der Waals surface area contributed by atoms with Gasteiger partial charge in [0.25, 0.3) is 0 Å². The number of aromatic nitrogens is 5. The number of hydrogen-bond acceptors (Lipinski definition) is 3. The van der Waals surface area contributed by atoms with E-state index in [0.29, 0.717) is 17.6 Å². The quantitative estimate of drug-likeness (QED) is 0.173. The highest BCUT2D eigenvalue weighted by atomic mass is 15.2. The molecule has 0 spiro atoms. The third-order valence-electron chi connectivity index (χ3n) is 15.5. The second kappa shape index (κ2) is 14.2. The van der Waals surface area contributed by atoms with Crippen LogP contribution >= 0.6 is 0 Å². The molecule has 8 aromatic carbocycles. The summed E-state index contributed by atoms with van der Waals surface area (Å²) in [5, 5.41) is 4.78. The summed E-state index contributed by atoms with van der Waals surface area (Å²) in [7, 11) is 0. The molecule has 67 heavy (non-hydrogen) atoms. The van der Waals surface area contributed by atoms with E-state index in [-0.39, 0.29) is 16.2 Å². The molecule has 0 unspecified atom stereocenters. The van der Waals surface area contributed by atoms with Crippen molar-refractivity contribution in [3.05, 3.63) is 198 Å². The summed E-state index contributed by atoms with van der Waals surface area (Å²) in [6, 6.07) is 64.2. The standard InChI is InChI=1S/C62H51N5/c1-60(2)31-32-61(3,4)52-37-56-46(34-51(52)60)48-36-54-47(44-22-14-16-24-53(44)66(54)42-19-11-8-12-20-42)35-55(48)67(56)59-64-57(39-17-9-7-10-18-39)63-58(65-59)40-27-25-38(26-28-40)41-29-30-50-45(33-41)43-21-13-15-23-49(43)62(50,5)6/h7-30,33-37H,31-32H2,1-6H3. The largest absolute Gasteiger partial charge is 0.309 e. The fraction of sp³-hybridized carbons (Fsp3) is 0.177. The molecule has 0 fully saturated rings. The molecule has 324 valence electrons. The van der Waals surface area contributed by atoms with Gasteiger partial charge in [-0.3, -0.25) is 4.57 Å². The Morgan fingerprint density at radius 1 is 0.358 bits per heavy atom. The van der Waals surface area contributed by atoms with Gasteiger partial charge in [0.2, 0.25) is 5.95 Å². The SMILES string of the molecule is CC1(C)CCC(C)(C)c2cc3c(cc21)c1cc2c(cc1n3-c1nc(-c3ccccc3)nc(-c3ccc(-c4ccc5c(c4)-c4ccccc4C5(C)C)cc3)n1)c1ccccc1n2-c1ccccc1. The van der Waals surface area contributed by atoms with Crippen LogP contribution in [0.4, 0.5) is 0 Å². The molecule has 5 nitrogen and oxygen atoms in total. The first kappa shape index (κ1) is 39.7. The van der Waals surface area contributed by atoms with Crippen LogP contribution in [0.2, 0.25) is 0 Å². The van der Waals surface area contributed by atoms with Crippen molar-refractivity contribution in [3.8, 4) is 56.7 Å². The molecule has 3 heterocycles. The van der Waals surface area contributed by atoms with Crippen molar-refractivity contribution in [2.75, 3.05) is 0 Å². The average Bonchev–Trinajstić information content (AvgIpc) is 3.94. The van der Waals surface area contributed by atoms with Crippen molar-refractivity contribution < 1.29 is 0 Å². The van der Waals surface area contributed by atoms with Gasteiger partial charge in [-0.2, -0.15) is 9.97 Å². The number of nitrogens with zero attached hydrogens (tertiary/aromatic N) is 5. The van der Waals surface area contributed by atoms with Crippen LogP contribution in [-0.2, 0) is 16.2 Å². The zero-order chi connectivity index (χ0) is 45.4. The van der Waals surface area contributed by atoms with E-state index < -0.39 is 0 Å². The summed E-state index contributed by atoms with van der Waals surface area (Å²) >= 11 is 0. The van der Waals surface area contributed by atoms with E-state index >= 15 is 0 Å². The number of para-hydroxylation sites is 2. The van der Waals surface area contributed by atoms with E-state index in [1.54, 1.807) is 0 Å². The van der Waals surface area contributed by atoms with E-state index in [4.69, 9.17) is 15.0 Å². The lowest BCUT2D eigenvalue weighted by Gasteiger charge is -2.42. The maximum Gasteiger partial charge on any atom is 0.238 e. The average molecular weight is 866 g/mol. The molecule has 2 aliphatic carbocycles. The molecule has 3 aromatic heterocycles. The Morgan fingerprint density at radius 3 is 1.61 bits per heavy atom. The summed E-state index contributed by atoms with van der Waals surface area (Å²) in [5.74, 6) is 1.88. The minimum Gasteiger partial charge on any atom is -0.309 e. The van der Waals surface area contributed by atoms with Gasteiger partial charge in [0.15, 0.2) is 11.6 Å². The topological polar surface area (TPSA) is 48.5 Å². The zero-order valence-electron chi connectivity index (χ0n) is 38.9. The van der Waals surface area contributed by atoms with Gasteiger partial charge in [0.05, 0.1) is 22.1 Å². The molecule has 0 amide bonds. The molecule has 0 aliphatic heterocycles. The van der Waals surface area contributed by atoms with Crippen molar-refractivity contribution in [2.45, 2.75) is 70.6 Å². The van der Waals surface area contributed by atoms with Gasteiger partial charge in [0.1, 0.15) is 0 Å². The van der Waals surface area contributed by atoms with Crippen LogP contribution in [0.3, 0.4) is 0 Å². The summed E-state index contributed by atoms with van der Waals surface area (Å²) in [5.41, 5.74) is 18.1. The molecule has 2 aliphatic rings. The van der Waals surface area contributed by atoms with E-state index in [9.17, 15) is 0 Å². The fourth-order valence-electron chi connectivity index (χ4n) is 11.6. The van der Waals surface area contributed by atoms with Crippen molar-refractivity contribution >= 4 is 43.6 Å². The first-order chi connectivity index (χ1) is 32.4. The predicted octanol–water partition coefficient (Wildman–Crippen LogP) is 15.7. The van der Waals surface area contributed by atoms with Crippen LogP contribution in [0.1, 0.15) is 76.6 Å². The maximum absolute atomic E-state index is 5.47. The van der Waals surface area contributed by atoms with Gasteiger partial charge in [0, 0.05) is 43.8 Å². The molecule has 0 saturated carbocycles. The van der Waals surface area contributed by atoms with E-state index in [2.05, 4.69) is 221 Å². The Morgan fingerprint density at radius 2 is 0.881 bits per heavy atom. The van der Waals surface area contributed by atoms with Crippen molar-refractivity contribution in [1.29, 1.82) is 0 Å². The molecular weight excluding hydrogens is 815 g/mol. The van der Waals surface area contributed by atoms with Gasteiger partial charge in [-0.25, -0.2) is 4.98 Å². The van der Waals surface area contributed by atoms with E-state index in [1.807, 2.05) is 6.07 Å². The van der Waals surface area contributed by atoms with Crippen molar-refractivity contribution in [2.24, 2.45) is 0 Å². The molecule has 0 saturated heterocycles. The number of benzene rings is 8. The highest BCUT2D eigenvalue weighted by molar-refractivity contribution is 6.19. The highest BCUT2D eigenvalue weighted by Gasteiger charge is 2.39. The molecular formula is C62H51N5. The van der Waals surface area contributed by atoms with Gasteiger partial charge >= 0.3 is 0 Å². The van der Waals surface area contributed by atoms with Crippen LogP contribution in [0, 0.1) is 0 Å². The lowest BCUT2D eigenvalue weighted by Crippen LogP contribution is -2.33. The van der Waals surface area contributed by atoms with E-state index in [1.165, 1.54) is 71.5 Å². The summed E-state index contributed by atoms with van der Waals surface area (Å²) in [4.78, 5) is 16.1. The van der Waals surface area contributed by atoms with Crippen LogP contribution in [0.15, 0.2) is 176 Å². The lowest BCUT2D eigenvalue weighted by atomic mass is 9.63. The monoisotopic (exact) mass is 865 g/mol. The van der Waals surface area contributed by atoms with E-state index in [0.717, 1.165) is 46.3 Å². The van der Waals surface area contributed by atoms with Crippen LogP contribution in [0.25, 0.3) is 100 Å². The first-order valence-corrected chi connectivity index (χ1v) is 23.7. The fourth-order valence-corrected chi connectivity index (χ4v) is 11.6. The van der Waals surface area contributed by atoms with Crippen molar-refractivity contribution in [1.82, 2.24) is 24.1 Å². The minimum atomic E-state index is -0.0310. The Bertz CT molecular complexity index is 3810. The third kappa shape index (κ3) is 5.96. The zero-order valence-corrected chi connectivity index (χ0v) is 38.9. The molecule has 11 aromatic rings. The molecule has 0 bridgehead atoms. The lowest BCUT2D eigenvalue weighted by molar-refractivity contribution is 0.332. The van der Waals surface area contributed by atoms with Gasteiger partial charge in [-0.15, -0.1) is 0 Å². The van der Waals surface area contributed by atoms with Crippen molar-refractivity contribution in [3.63, 3.8) is 0 Å². The Labute approximate surface area is 391 Å².